The Labute approximate surface area is 164 Å². The number of nitrogens with zero attached hydrogens (tertiary/aromatic N) is 3. The molecule has 8 heteroatoms. The first-order valence-corrected chi connectivity index (χ1v) is 9.62. The number of quaternary nitrogens is 1. The minimum absolute atomic E-state index is 0.479. The van der Waals surface area contributed by atoms with Gasteiger partial charge in [0.15, 0.2) is 5.11 Å². The van der Waals surface area contributed by atoms with Crippen LogP contribution in [0.4, 0.5) is 0 Å². The standard InChI is InChI=1S/C19H24N6OS/c20-6-3-8-25-15-16(17-4-1-2-5-18(17)25)14-22-23-19(27)21-7-9-24-10-12-26-13-11-24/h1-2,4-5,14-15H,3,7-13H2,(H2,21,23,27)/p+1/b22-14-. The summed E-state index contributed by atoms with van der Waals surface area (Å²) in [6, 6.07) is 10.3. The average molecular weight is 386 g/mol. The van der Waals surface area contributed by atoms with E-state index in [1.54, 1.807) is 6.21 Å². The molecule has 0 radical (unpaired) electrons. The van der Waals surface area contributed by atoms with E-state index in [-0.39, 0.29) is 0 Å². The van der Waals surface area contributed by atoms with Crippen molar-refractivity contribution in [2.24, 2.45) is 5.10 Å². The van der Waals surface area contributed by atoms with Crippen LogP contribution < -0.4 is 15.6 Å². The van der Waals surface area contributed by atoms with E-state index in [0.29, 0.717) is 18.1 Å². The van der Waals surface area contributed by atoms with Gasteiger partial charge in [0, 0.05) is 29.2 Å². The number of aromatic nitrogens is 1. The van der Waals surface area contributed by atoms with Gasteiger partial charge < -0.3 is 19.5 Å². The Morgan fingerprint density at radius 1 is 1.37 bits per heavy atom. The van der Waals surface area contributed by atoms with Crippen LogP contribution in [0.15, 0.2) is 35.6 Å². The molecule has 1 aromatic carbocycles. The molecular weight excluding hydrogens is 360 g/mol. The topological polar surface area (TPSA) is 78.8 Å². The third kappa shape index (κ3) is 5.50. The number of benzene rings is 1. The van der Waals surface area contributed by atoms with Gasteiger partial charge in [-0.2, -0.15) is 10.4 Å². The smallest absolute Gasteiger partial charge is 0.187 e. The first-order valence-electron chi connectivity index (χ1n) is 9.21. The lowest BCUT2D eigenvalue weighted by molar-refractivity contribution is -0.906. The van der Waals surface area contributed by atoms with Crippen LogP contribution in [0.1, 0.15) is 12.0 Å². The second kappa shape index (κ2) is 10.0. The monoisotopic (exact) mass is 385 g/mol. The van der Waals surface area contributed by atoms with Gasteiger partial charge in [-0.05, 0) is 18.3 Å². The number of para-hydroxylation sites is 1. The number of aryl methyl sites for hydroxylation is 1. The van der Waals surface area contributed by atoms with Crippen LogP contribution in [0.3, 0.4) is 0 Å². The van der Waals surface area contributed by atoms with Crippen LogP contribution >= 0.6 is 12.2 Å². The van der Waals surface area contributed by atoms with Crippen molar-refractivity contribution in [3.8, 4) is 6.07 Å². The van der Waals surface area contributed by atoms with E-state index in [0.717, 1.165) is 55.9 Å². The van der Waals surface area contributed by atoms with E-state index < -0.39 is 0 Å². The summed E-state index contributed by atoms with van der Waals surface area (Å²) in [5.74, 6) is 0. The molecule has 0 saturated carbocycles. The molecule has 27 heavy (non-hydrogen) atoms. The zero-order valence-corrected chi connectivity index (χ0v) is 16.1. The van der Waals surface area contributed by atoms with E-state index >= 15 is 0 Å². The number of hydrazone groups is 1. The lowest BCUT2D eigenvalue weighted by Gasteiger charge is -2.23. The summed E-state index contributed by atoms with van der Waals surface area (Å²) in [5, 5.41) is 17.9. The van der Waals surface area contributed by atoms with Crippen molar-refractivity contribution in [2.45, 2.75) is 13.0 Å². The third-order valence-corrected chi connectivity index (χ3v) is 4.85. The Morgan fingerprint density at radius 2 is 2.19 bits per heavy atom. The van der Waals surface area contributed by atoms with Crippen molar-refractivity contribution in [3.63, 3.8) is 0 Å². The van der Waals surface area contributed by atoms with E-state index in [1.807, 2.05) is 18.3 Å². The fourth-order valence-corrected chi connectivity index (χ4v) is 3.35. The summed E-state index contributed by atoms with van der Waals surface area (Å²) in [6.07, 6.45) is 4.27. The summed E-state index contributed by atoms with van der Waals surface area (Å²) in [6.45, 7) is 6.27. The second-order valence-electron chi connectivity index (χ2n) is 6.44. The first kappa shape index (κ1) is 19.3. The number of nitrogens with one attached hydrogen (secondary N) is 3. The molecule has 1 aliphatic heterocycles. The number of nitriles is 1. The van der Waals surface area contributed by atoms with Crippen LogP contribution in [0, 0.1) is 11.3 Å². The molecule has 0 bridgehead atoms. The predicted molar refractivity (Wildman–Crippen MR) is 110 cm³/mol. The summed E-state index contributed by atoms with van der Waals surface area (Å²) >= 11 is 5.28. The number of rotatable bonds is 7. The molecule has 0 spiro atoms. The molecule has 7 nitrogen and oxygen atoms in total. The quantitative estimate of drug-likeness (QED) is 0.362. The number of hydrogen-bond acceptors (Lipinski definition) is 4. The minimum atomic E-state index is 0.479. The van der Waals surface area contributed by atoms with Crippen molar-refractivity contribution in [1.82, 2.24) is 15.3 Å². The second-order valence-corrected chi connectivity index (χ2v) is 6.85. The van der Waals surface area contributed by atoms with Crippen LogP contribution in [0.2, 0.25) is 0 Å². The fraction of sp³-hybridized carbons (Fsp3) is 0.421. The van der Waals surface area contributed by atoms with Crippen molar-refractivity contribution >= 4 is 34.4 Å². The lowest BCUT2D eigenvalue weighted by Crippen LogP contribution is -3.14. The Kier molecular flexibility index (Phi) is 7.16. The highest BCUT2D eigenvalue weighted by atomic mass is 32.1. The number of fused-ring (bicyclic) bond motifs is 1. The fourth-order valence-electron chi connectivity index (χ4n) is 3.20. The van der Waals surface area contributed by atoms with Gasteiger partial charge in [-0.15, -0.1) is 0 Å². The van der Waals surface area contributed by atoms with Crippen molar-refractivity contribution in [2.75, 3.05) is 39.4 Å². The average Bonchev–Trinajstić information content (AvgIpc) is 3.05. The van der Waals surface area contributed by atoms with Gasteiger partial charge in [-0.25, -0.2) is 0 Å². The SMILES string of the molecule is N#CCCn1cc(/C=N\NC(=S)NCC[NH+]2CCOCC2)c2ccccc21. The maximum Gasteiger partial charge on any atom is 0.187 e. The molecule has 2 aromatic rings. The third-order valence-electron chi connectivity index (χ3n) is 4.62. The van der Waals surface area contributed by atoms with Crippen molar-refractivity contribution in [3.05, 3.63) is 36.0 Å². The molecule has 2 heterocycles. The molecule has 1 aromatic heterocycles. The minimum Gasteiger partial charge on any atom is -0.370 e. The summed E-state index contributed by atoms with van der Waals surface area (Å²) in [5.41, 5.74) is 4.98. The molecular formula is C19H25N6OS+. The predicted octanol–water partition coefficient (Wildman–Crippen LogP) is 0.268. The molecule has 3 rings (SSSR count). The van der Waals surface area contributed by atoms with Crippen LogP contribution in [0.5, 0.6) is 0 Å². The maximum absolute atomic E-state index is 8.83. The van der Waals surface area contributed by atoms with Crippen molar-refractivity contribution in [1.29, 1.82) is 5.26 Å². The molecule has 142 valence electrons. The normalized spacial score (nSPS) is 15.1. The summed E-state index contributed by atoms with van der Waals surface area (Å²) in [4.78, 5) is 1.53. The zero-order valence-electron chi connectivity index (χ0n) is 15.3. The van der Waals surface area contributed by atoms with E-state index in [1.165, 1.54) is 4.90 Å². The molecule has 3 N–H and O–H groups in total. The van der Waals surface area contributed by atoms with E-state index in [4.69, 9.17) is 22.2 Å². The molecule has 0 amide bonds. The van der Waals surface area contributed by atoms with E-state index in [2.05, 4.69) is 38.6 Å². The Bertz CT molecular complexity index is 834. The highest BCUT2D eigenvalue weighted by Crippen LogP contribution is 2.20. The first-order chi connectivity index (χ1) is 13.3. The molecule has 0 unspecified atom stereocenters. The molecule has 1 fully saturated rings. The van der Waals surface area contributed by atoms with Gasteiger partial charge in [0.05, 0.1) is 45.0 Å². The van der Waals surface area contributed by atoms with E-state index in [9.17, 15) is 0 Å². The van der Waals surface area contributed by atoms with Gasteiger partial charge in [0.1, 0.15) is 13.1 Å². The number of hydrogen-bond donors (Lipinski definition) is 3. The van der Waals surface area contributed by atoms with Gasteiger partial charge in [0.2, 0.25) is 0 Å². The lowest BCUT2D eigenvalue weighted by atomic mass is 10.2. The highest BCUT2D eigenvalue weighted by molar-refractivity contribution is 7.80. The maximum atomic E-state index is 8.83. The zero-order chi connectivity index (χ0) is 18.9. The van der Waals surface area contributed by atoms with Crippen LogP contribution in [0.25, 0.3) is 10.9 Å². The van der Waals surface area contributed by atoms with Gasteiger partial charge in [0.25, 0.3) is 0 Å². The highest BCUT2D eigenvalue weighted by Gasteiger charge is 2.12. The van der Waals surface area contributed by atoms with Crippen LogP contribution in [-0.2, 0) is 11.3 Å². The number of thiocarbonyl (C=S) groups is 1. The molecule has 1 aliphatic rings. The van der Waals surface area contributed by atoms with Crippen molar-refractivity contribution < 1.29 is 9.64 Å². The summed E-state index contributed by atoms with van der Waals surface area (Å²) < 4.78 is 7.44. The van der Waals surface area contributed by atoms with Gasteiger partial charge in [-0.3, -0.25) is 5.43 Å². The van der Waals surface area contributed by atoms with Gasteiger partial charge in [-0.1, -0.05) is 18.2 Å². The Hall–Kier alpha value is -2.47. The number of ether oxygens (including phenoxy) is 1. The Balaban J connectivity index is 1.51. The van der Waals surface area contributed by atoms with Gasteiger partial charge >= 0.3 is 0 Å². The summed E-state index contributed by atoms with van der Waals surface area (Å²) in [7, 11) is 0. The van der Waals surface area contributed by atoms with Crippen LogP contribution in [-0.4, -0.2) is 55.3 Å². The molecule has 0 atom stereocenters. The Morgan fingerprint density at radius 3 is 3.00 bits per heavy atom. The molecule has 1 saturated heterocycles. The largest absolute Gasteiger partial charge is 0.370 e. The number of morpholine rings is 1. The molecule has 0 aliphatic carbocycles.